The molecule has 5 heteroatoms. The van der Waals surface area contributed by atoms with Gasteiger partial charge in [-0.3, -0.25) is 0 Å². The van der Waals surface area contributed by atoms with Gasteiger partial charge in [-0.25, -0.2) is 4.39 Å². The molecule has 0 bridgehead atoms. The van der Waals surface area contributed by atoms with E-state index in [9.17, 15) is 4.39 Å². The molecular formula is C15H19BrClFN2. The summed E-state index contributed by atoms with van der Waals surface area (Å²) in [5.74, 6) is 0.439. The van der Waals surface area contributed by atoms with Crippen LogP contribution in [0, 0.1) is 11.7 Å². The van der Waals surface area contributed by atoms with E-state index in [1.807, 2.05) is 0 Å². The van der Waals surface area contributed by atoms with Gasteiger partial charge in [0.2, 0.25) is 0 Å². The minimum atomic E-state index is -0.307. The van der Waals surface area contributed by atoms with Gasteiger partial charge in [0, 0.05) is 29.1 Å². The normalized spacial score (nSPS) is 30.6. The van der Waals surface area contributed by atoms with E-state index in [1.54, 1.807) is 0 Å². The molecule has 1 aromatic carbocycles. The maximum absolute atomic E-state index is 13.4. The Hall–Kier alpha value is -0.320. The van der Waals surface area contributed by atoms with Crippen molar-refractivity contribution in [3.05, 3.63) is 27.4 Å². The zero-order valence-electron chi connectivity index (χ0n) is 11.7. The largest absolute Gasteiger partial charge is 0.364 e. The van der Waals surface area contributed by atoms with Crippen molar-refractivity contribution in [2.75, 3.05) is 18.0 Å². The Bertz CT molecular complexity index is 512. The van der Waals surface area contributed by atoms with Crippen molar-refractivity contribution in [1.29, 1.82) is 0 Å². The molecule has 1 heterocycles. The molecule has 0 spiro atoms. The number of nitrogens with one attached hydrogen (secondary N) is 1. The average molecular weight is 362 g/mol. The molecule has 1 saturated carbocycles. The van der Waals surface area contributed by atoms with Crippen LogP contribution in [-0.4, -0.2) is 24.7 Å². The standard InChI is InChI=1S/C15H19BrClFN2/c1-9-7-19-15(2,10-3-4-10)8-20(9)14-12(16)5-11(18)6-13(14)17/h5-6,9-10,19H,3-4,7-8H2,1-2H3. The molecule has 1 N–H and O–H groups in total. The quantitative estimate of drug-likeness (QED) is 0.849. The molecule has 0 radical (unpaired) electrons. The number of nitrogens with zero attached hydrogens (tertiary/aromatic N) is 1. The van der Waals surface area contributed by atoms with Gasteiger partial charge >= 0.3 is 0 Å². The third-order valence-corrected chi connectivity index (χ3v) is 5.47. The smallest absolute Gasteiger partial charge is 0.125 e. The van der Waals surface area contributed by atoms with Crippen molar-refractivity contribution in [1.82, 2.24) is 5.32 Å². The van der Waals surface area contributed by atoms with Crippen molar-refractivity contribution in [3.63, 3.8) is 0 Å². The van der Waals surface area contributed by atoms with Crippen LogP contribution < -0.4 is 10.2 Å². The highest BCUT2D eigenvalue weighted by Crippen LogP contribution is 2.44. The maximum Gasteiger partial charge on any atom is 0.125 e. The Morgan fingerprint density at radius 3 is 2.75 bits per heavy atom. The van der Waals surface area contributed by atoms with Crippen molar-refractivity contribution < 1.29 is 4.39 Å². The minimum Gasteiger partial charge on any atom is -0.364 e. The van der Waals surface area contributed by atoms with Gasteiger partial charge in [-0.15, -0.1) is 0 Å². The SMILES string of the molecule is CC1CNC(C)(C2CC2)CN1c1c(Cl)cc(F)cc1Br. The van der Waals surface area contributed by atoms with Crippen LogP contribution >= 0.6 is 27.5 Å². The van der Waals surface area contributed by atoms with Crippen molar-refractivity contribution in [2.24, 2.45) is 5.92 Å². The van der Waals surface area contributed by atoms with E-state index in [2.05, 4.69) is 40.0 Å². The van der Waals surface area contributed by atoms with Crippen LogP contribution in [0.15, 0.2) is 16.6 Å². The lowest BCUT2D eigenvalue weighted by molar-refractivity contribution is 0.260. The Morgan fingerprint density at radius 1 is 1.45 bits per heavy atom. The number of anilines is 1. The molecule has 2 aliphatic rings. The molecule has 0 amide bonds. The number of halogens is 3. The molecule has 2 atom stereocenters. The Balaban J connectivity index is 1.95. The topological polar surface area (TPSA) is 15.3 Å². The zero-order chi connectivity index (χ0) is 14.5. The molecular weight excluding hydrogens is 343 g/mol. The van der Waals surface area contributed by atoms with Crippen LogP contribution in [0.25, 0.3) is 0 Å². The first kappa shape index (κ1) is 14.6. The van der Waals surface area contributed by atoms with Gasteiger partial charge in [-0.05, 0) is 60.7 Å². The highest BCUT2D eigenvalue weighted by atomic mass is 79.9. The first-order valence-electron chi connectivity index (χ1n) is 7.07. The number of rotatable bonds is 2. The molecule has 1 aromatic rings. The Kier molecular flexibility index (Phi) is 3.76. The van der Waals surface area contributed by atoms with Gasteiger partial charge in [-0.2, -0.15) is 0 Å². The minimum absolute atomic E-state index is 0.129. The summed E-state index contributed by atoms with van der Waals surface area (Å²) in [6.07, 6.45) is 2.59. The summed E-state index contributed by atoms with van der Waals surface area (Å²) in [4.78, 5) is 2.31. The van der Waals surface area contributed by atoms with Gasteiger partial charge in [-0.1, -0.05) is 11.6 Å². The number of hydrogen-bond acceptors (Lipinski definition) is 2. The summed E-state index contributed by atoms with van der Waals surface area (Å²) in [6.45, 7) is 6.29. The monoisotopic (exact) mass is 360 g/mol. The predicted octanol–water partition coefficient (Wildman–Crippen LogP) is 4.21. The lowest BCUT2D eigenvalue weighted by atomic mass is 9.91. The number of piperazine rings is 1. The average Bonchev–Trinajstić information content (AvgIpc) is 3.17. The molecule has 1 aliphatic heterocycles. The molecule has 2 nitrogen and oxygen atoms in total. The second-order valence-electron chi connectivity index (χ2n) is 6.27. The van der Waals surface area contributed by atoms with E-state index in [0.717, 1.165) is 29.2 Å². The van der Waals surface area contributed by atoms with Gasteiger partial charge < -0.3 is 10.2 Å². The predicted molar refractivity (Wildman–Crippen MR) is 85.0 cm³/mol. The van der Waals surface area contributed by atoms with Crippen LogP contribution in [0.3, 0.4) is 0 Å². The number of hydrogen-bond donors (Lipinski definition) is 1. The molecule has 0 aromatic heterocycles. The summed E-state index contributed by atoms with van der Waals surface area (Å²) in [6, 6.07) is 3.22. The molecule has 2 fully saturated rings. The van der Waals surface area contributed by atoms with E-state index in [0.29, 0.717) is 11.1 Å². The first-order chi connectivity index (χ1) is 9.40. The summed E-state index contributed by atoms with van der Waals surface area (Å²) >= 11 is 9.75. The Labute approximate surface area is 132 Å². The van der Waals surface area contributed by atoms with E-state index in [1.165, 1.54) is 25.0 Å². The van der Waals surface area contributed by atoms with Crippen LogP contribution in [0.1, 0.15) is 26.7 Å². The maximum atomic E-state index is 13.4. The second kappa shape index (κ2) is 5.15. The fourth-order valence-electron chi connectivity index (χ4n) is 3.16. The Morgan fingerprint density at radius 2 is 2.15 bits per heavy atom. The lowest BCUT2D eigenvalue weighted by Gasteiger charge is -2.47. The number of benzene rings is 1. The summed E-state index contributed by atoms with van der Waals surface area (Å²) in [5, 5.41) is 4.16. The van der Waals surface area contributed by atoms with Crippen molar-refractivity contribution in [3.8, 4) is 0 Å². The van der Waals surface area contributed by atoms with E-state index >= 15 is 0 Å². The van der Waals surface area contributed by atoms with Gasteiger partial charge in [0.15, 0.2) is 0 Å². The second-order valence-corrected chi connectivity index (χ2v) is 7.53. The highest BCUT2D eigenvalue weighted by Gasteiger charge is 2.45. The third-order valence-electron chi connectivity index (χ3n) is 4.58. The van der Waals surface area contributed by atoms with Crippen LogP contribution in [0.4, 0.5) is 10.1 Å². The highest BCUT2D eigenvalue weighted by molar-refractivity contribution is 9.10. The molecule has 1 aliphatic carbocycles. The fraction of sp³-hybridized carbons (Fsp3) is 0.600. The van der Waals surface area contributed by atoms with E-state index in [-0.39, 0.29) is 11.4 Å². The van der Waals surface area contributed by atoms with Crippen LogP contribution in [-0.2, 0) is 0 Å². The van der Waals surface area contributed by atoms with Crippen LogP contribution in [0.2, 0.25) is 5.02 Å². The van der Waals surface area contributed by atoms with Gasteiger partial charge in [0.25, 0.3) is 0 Å². The van der Waals surface area contributed by atoms with Gasteiger partial charge in [0.05, 0.1) is 10.7 Å². The summed E-state index contributed by atoms with van der Waals surface area (Å²) in [5.41, 5.74) is 1.04. The summed E-state index contributed by atoms with van der Waals surface area (Å²) in [7, 11) is 0. The third kappa shape index (κ3) is 2.58. The lowest BCUT2D eigenvalue weighted by Crippen LogP contribution is -2.63. The van der Waals surface area contributed by atoms with E-state index in [4.69, 9.17) is 11.6 Å². The first-order valence-corrected chi connectivity index (χ1v) is 8.24. The molecule has 2 unspecified atom stereocenters. The molecule has 3 rings (SSSR count). The molecule has 1 saturated heterocycles. The summed E-state index contributed by atoms with van der Waals surface area (Å²) < 4.78 is 14.1. The fourth-order valence-corrected chi connectivity index (χ4v) is 4.25. The van der Waals surface area contributed by atoms with Crippen molar-refractivity contribution >= 4 is 33.2 Å². The van der Waals surface area contributed by atoms with Crippen LogP contribution in [0.5, 0.6) is 0 Å². The molecule has 20 heavy (non-hydrogen) atoms. The van der Waals surface area contributed by atoms with Gasteiger partial charge in [0.1, 0.15) is 5.82 Å². The molecule has 110 valence electrons. The van der Waals surface area contributed by atoms with E-state index < -0.39 is 0 Å². The zero-order valence-corrected chi connectivity index (χ0v) is 14.1. The van der Waals surface area contributed by atoms with Crippen molar-refractivity contribution in [2.45, 2.75) is 38.3 Å².